The van der Waals surface area contributed by atoms with Crippen LogP contribution < -0.4 is 4.74 Å². The molecular weight excluding hydrogens is 561 g/mol. The van der Waals surface area contributed by atoms with E-state index in [4.69, 9.17) is 14.2 Å². The molecule has 1 heterocycles. The van der Waals surface area contributed by atoms with Gasteiger partial charge in [-0.1, -0.05) is 121 Å². The fourth-order valence-electron chi connectivity index (χ4n) is 5.77. The molecule has 1 aliphatic heterocycles. The first-order chi connectivity index (χ1) is 21.5. The molecule has 0 unspecified atom stereocenters. The summed E-state index contributed by atoms with van der Waals surface area (Å²) in [7, 11) is 0. The Hall–Kier alpha value is -2.83. The zero-order chi connectivity index (χ0) is 31.1. The highest BCUT2D eigenvalue weighted by molar-refractivity contribution is 5.71. The van der Waals surface area contributed by atoms with Crippen molar-refractivity contribution in [3.8, 4) is 28.0 Å². The Kier molecular flexibility index (Phi) is 14.1. The summed E-state index contributed by atoms with van der Waals surface area (Å²) in [5, 5.41) is 0. The third-order valence-electron chi connectivity index (χ3n) is 8.52. The molecule has 1 saturated heterocycles. The topological polar surface area (TPSA) is 27.7 Å². The van der Waals surface area contributed by atoms with Crippen LogP contribution in [0.1, 0.15) is 109 Å². The molecule has 0 bridgehead atoms. The maximum absolute atomic E-state index is 15.1. The van der Waals surface area contributed by atoms with Crippen molar-refractivity contribution in [2.75, 3.05) is 19.8 Å². The lowest BCUT2D eigenvalue weighted by Gasteiger charge is -2.30. The number of unbranched alkanes of at least 4 members (excludes halogenated alkanes) is 10. The van der Waals surface area contributed by atoms with Gasteiger partial charge in [0.25, 0.3) is 0 Å². The molecule has 3 aromatic rings. The monoisotopic (exact) mass is 610 g/mol. The van der Waals surface area contributed by atoms with Crippen LogP contribution in [0.5, 0.6) is 5.75 Å². The second-order valence-electron chi connectivity index (χ2n) is 12.1. The van der Waals surface area contributed by atoms with E-state index in [-0.39, 0.29) is 11.3 Å². The molecule has 0 amide bonds. The SMILES string of the molecule is CCCCCCCCCOc1ccc(-c2ccc(-c3ccc(C4OCC(CCCCCCC)CO4)c(F)c3)cc2)c(F)c1F. The van der Waals surface area contributed by atoms with Crippen molar-refractivity contribution in [1.82, 2.24) is 0 Å². The molecule has 44 heavy (non-hydrogen) atoms. The maximum Gasteiger partial charge on any atom is 0.201 e. The van der Waals surface area contributed by atoms with Crippen LogP contribution in [-0.2, 0) is 9.47 Å². The summed E-state index contributed by atoms with van der Waals surface area (Å²) in [6, 6.07) is 15.0. The lowest BCUT2D eigenvalue weighted by molar-refractivity contribution is -0.207. The Morgan fingerprint density at radius 3 is 1.89 bits per heavy atom. The zero-order valence-electron chi connectivity index (χ0n) is 26.5. The third kappa shape index (κ3) is 9.84. The number of benzene rings is 3. The third-order valence-corrected chi connectivity index (χ3v) is 8.52. The minimum absolute atomic E-state index is 0.0618. The molecule has 6 heteroatoms. The molecule has 1 aliphatic rings. The van der Waals surface area contributed by atoms with Gasteiger partial charge in [0, 0.05) is 17.0 Å². The molecule has 240 valence electrons. The van der Waals surface area contributed by atoms with Gasteiger partial charge in [0.2, 0.25) is 5.82 Å². The van der Waals surface area contributed by atoms with E-state index < -0.39 is 23.7 Å². The summed E-state index contributed by atoms with van der Waals surface area (Å²) < 4.78 is 62.3. The summed E-state index contributed by atoms with van der Waals surface area (Å²) in [5.74, 6) is -2.01. The summed E-state index contributed by atoms with van der Waals surface area (Å²) in [6.07, 6.45) is 14.4. The minimum atomic E-state index is -0.974. The summed E-state index contributed by atoms with van der Waals surface area (Å²) >= 11 is 0. The lowest BCUT2D eigenvalue weighted by Crippen LogP contribution is -2.27. The Morgan fingerprint density at radius 2 is 1.23 bits per heavy atom. The molecule has 3 nitrogen and oxygen atoms in total. The number of ether oxygens (including phenoxy) is 3. The molecular formula is C38H49F3O3. The summed E-state index contributed by atoms with van der Waals surface area (Å²) in [5.41, 5.74) is 2.52. The van der Waals surface area contributed by atoms with Gasteiger partial charge in [-0.25, -0.2) is 8.78 Å². The van der Waals surface area contributed by atoms with E-state index >= 15 is 4.39 Å². The van der Waals surface area contributed by atoms with Gasteiger partial charge < -0.3 is 14.2 Å². The molecule has 0 aliphatic carbocycles. The number of hydrogen-bond acceptors (Lipinski definition) is 3. The van der Waals surface area contributed by atoms with Gasteiger partial charge in [0.15, 0.2) is 17.9 Å². The normalized spacial score (nSPS) is 16.8. The van der Waals surface area contributed by atoms with Gasteiger partial charge in [0.1, 0.15) is 5.82 Å². The molecule has 0 radical (unpaired) electrons. The second kappa shape index (κ2) is 18.2. The Balaban J connectivity index is 1.29. The highest BCUT2D eigenvalue weighted by atomic mass is 19.2. The standard InChI is InChI=1S/C38H49F3O3/c1-3-5-7-9-10-12-14-24-42-35-23-22-32(36(40)37(35)41)30-18-16-29(17-19-30)31-20-21-33(34(39)25-31)38-43-26-28(27-44-38)15-13-11-8-6-4-2/h16-23,25,28,38H,3-15,24,26-27H2,1-2H3. The predicted molar refractivity (Wildman–Crippen MR) is 172 cm³/mol. The highest BCUT2D eigenvalue weighted by Gasteiger charge is 2.26. The van der Waals surface area contributed by atoms with Gasteiger partial charge >= 0.3 is 0 Å². The van der Waals surface area contributed by atoms with E-state index in [1.807, 2.05) is 6.07 Å². The van der Waals surface area contributed by atoms with Crippen LogP contribution in [0.2, 0.25) is 0 Å². The van der Waals surface area contributed by atoms with Gasteiger partial charge in [-0.05, 0) is 47.7 Å². The van der Waals surface area contributed by atoms with Crippen molar-refractivity contribution in [3.05, 3.63) is 77.6 Å². The van der Waals surface area contributed by atoms with Gasteiger partial charge in [0.05, 0.1) is 19.8 Å². The van der Waals surface area contributed by atoms with Crippen LogP contribution >= 0.6 is 0 Å². The van der Waals surface area contributed by atoms with Crippen molar-refractivity contribution in [2.45, 2.75) is 104 Å². The Labute approximate surface area is 262 Å². The molecule has 3 aromatic carbocycles. The lowest BCUT2D eigenvalue weighted by atomic mass is 9.98. The summed E-state index contributed by atoms with van der Waals surface area (Å²) in [6.45, 7) is 5.92. The first-order valence-corrected chi connectivity index (χ1v) is 16.8. The van der Waals surface area contributed by atoms with Crippen molar-refractivity contribution < 1.29 is 27.4 Å². The average molecular weight is 611 g/mol. The second-order valence-corrected chi connectivity index (χ2v) is 12.1. The van der Waals surface area contributed by atoms with Crippen LogP contribution in [0.15, 0.2) is 54.6 Å². The highest BCUT2D eigenvalue weighted by Crippen LogP contribution is 2.34. The van der Waals surface area contributed by atoms with Crippen molar-refractivity contribution in [3.63, 3.8) is 0 Å². The van der Waals surface area contributed by atoms with Crippen molar-refractivity contribution >= 4 is 0 Å². The minimum Gasteiger partial charge on any atom is -0.490 e. The van der Waals surface area contributed by atoms with E-state index in [0.29, 0.717) is 42.4 Å². The molecule has 0 atom stereocenters. The van der Waals surface area contributed by atoms with Crippen LogP contribution in [0.3, 0.4) is 0 Å². The molecule has 0 spiro atoms. The first-order valence-electron chi connectivity index (χ1n) is 16.8. The number of hydrogen-bond donors (Lipinski definition) is 0. The molecule has 1 fully saturated rings. The largest absolute Gasteiger partial charge is 0.490 e. The van der Waals surface area contributed by atoms with Crippen LogP contribution in [-0.4, -0.2) is 19.8 Å². The molecule has 0 N–H and O–H groups in total. The Bertz CT molecular complexity index is 1270. The fraction of sp³-hybridized carbons (Fsp3) is 0.526. The molecule has 0 saturated carbocycles. The van der Waals surface area contributed by atoms with Crippen molar-refractivity contribution in [2.24, 2.45) is 5.92 Å². The van der Waals surface area contributed by atoms with E-state index in [0.717, 1.165) is 31.2 Å². The van der Waals surface area contributed by atoms with E-state index in [1.54, 1.807) is 36.4 Å². The maximum atomic E-state index is 15.1. The quantitative estimate of drug-likeness (QED) is 0.134. The van der Waals surface area contributed by atoms with Crippen LogP contribution in [0.25, 0.3) is 22.3 Å². The van der Waals surface area contributed by atoms with E-state index in [1.165, 1.54) is 69.9 Å². The summed E-state index contributed by atoms with van der Waals surface area (Å²) in [4.78, 5) is 0. The van der Waals surface area contributed by atoms with E-state index in [9.17, 15) is 8.78 Å². The number of halogens is 3. The smallest absolute Gasteiger partial charge is 0.201 e. The van der Waals surface area contributed by atoms with Crippen molar-refractivity contribution in [1.29, 1.82) is 0 Å². The predicted octanol–water partition coefficient (Wildman–Crippen LogP) is 11.6. The van der Waals surface area contributed by atoms with Gasteiger partial charge in [-0.15, -0.1) is 0 Å². The van der Waals surface area contributed by atoms with Gasteiger partial charge in [-0.2, -0.15) is 4.39 Å². The zero-order valence-corrected chi connectivity index (χ0v) is 26.5. The van der Waals surface area contributed by atoms with Gasteiger partial charge in [-0.3, -0.25) is 0 Å². The first kappa shape index (κ1) is 34.1. The van der Waals surface area contributed by atoms with Crippen LogP contribution in [0, 0.1) is 23.4 Å². The molecule has 0 aromatic heterocycles. The molecule has 4 rings (SSSR count). The van der Waals surface area contributed by atoms with E-state index in [2.05, 4.69) is 13.8 Å². The average Bonchev–Trinajstić information content (AvgIpc) is 3.04. The number of rotatable bonds is 18. The fourth-order valence-corrected chi connectivity index (χ4v) is 5.77. The Morgan fingerprint density at radius 1 is 0.636 bits per heavy atom. The van der Waals surface area contributed by atoms with Crippen LogP contribution in [0.4, 0.5) is 13.2 Å².